The molecule has 3 aromatic rings. The lowest BCUT2D eigenvalue weighted by molar-refractivity contribution is -0.122. The zero-order valence-corrected chi connectivity index (χ0v) is 17.6. The largest absolute Gasteiger partial charge is 0.352 e. The van der Waals surface area contributed by atoms with Crippen LogP contribution in [0.1, 0.15) is 50.5 Å². The third-order valence-electron chi connectivity index (χ3n) is 5.94. The third kappa shape index (κ3) is 4.93. The van der Waals surface area contributed by atoms with Crippen molar-refractivity contribution in [2.45, 2.75) is 64.1 Å². The summed E-state index contributed by atoms with van der Waals surface area (Å²) in [6, 6.07) is 13.0. The maximum absolute atomic E-state index is 12.9. The SMILES string of the molecule is O=C(Cn1c(=O)c(=O)n(Cc2ccccc2)c2ncccc21)NC1CCCCCCC1. The zero-order chi connectivity index (χ0) is 21.6. The molecule has 0 atom stereocenters. The summed E-state index contributed by atoms with van der Waals surface area (Å²) in [6.45, 7) is 0.0660. The standard InChI is InChI=1S/C24H28N4O3/c29-21(26-19-12-7-2-1-3-8-13-19)17-27-20-14-9-15-25-22(20)28(24(31)23(27)30)16-18-10-5-4-6-11-18/h4-6,9-11,14-15,19H,1-3,7-8,12-13,16-17H2,(H,26,29). The lowest BCUT2D eigenvalue weighted by atomic mass is 9.97. The molecular weight excluding hydrogens is 392 g/mol. The number of amides is 1. The smallest absolute Gasteiger partial charge is 0.318 e. The molecule has 1 aliphatic rings. The van der Waals surface area contributed by atoms with Gasteiger partial charge in [0.25, 0.3) is 0 Å². The summed E-state index contributed by atoms with van der Waals surface area (Å²) in [4.78, 5) is 43.0. The van der Waals surface area contributed by atoms with E-state index in [2.05, 4.69) is 10.3 Å². The predicted molar refractivity (Wildman–Crippen MR) is 120 cm³/mol. The Hall–Kier alpha value is -3.22. The molecule has 7 heteroatoms. The van der Waals surface area contributed by atoms with Crippen molar-refractivity contribution in [3.05, 3.63) is 74.9 Å². The summed E-state index contributed by atoms with van der Waals surface area (Å²) in [6.07, 6.45) is 9.37. The van der Waals surface area contributed by atoms with Crippen LogP contribution in [0.3, 0.4) is 0 Å². The monoisotopic (exact) mass is 420 g/mol. The molecule has 1 aromatic carbocycles. The van der Waals surface area contributed by atoms with Crippen LogP contribution >= 0.6 is 0 Å². The molecule has 7 nitrogen and oxygen atoms in total. The first-order valence-electron chi connectivity index (χ1n) is 11.0. The Morgan fingerprint density at radius 1 is 0.903 bits per heavy atom. The van der Waals surface area contributed by atoms with Gasteiger partial charge in [0.2, 0.25) is 5.91 Å². The highest BCUT2D eigenvalue weighted by Gasteiger charge is 2.19. The van der Waals surface area contributed by atoms with Gasteiger partial charge in [-0.2, -0.15) is 0 Å². The molecule has 0 bridgehead atoms. The topological polar surface area (TPSA) is 86.0 Å². The Labute approximate surface area is 180 Å². The number of carbonyl (C=O) groups excluding carboxylic acids is 1. The fraction of sp³-hybridized carbons (Fsp3) is 0.417. The van der Waals surface area contributed by atoms with Crippen LogP contribution in [0.5, 0.6) is 0 Å². The molecular formula is C24H28N4O3. The Morgan fingerprint density at radius 3 is 2.32 bits per heavy atom. The van der Waals surface area contributed by atoms with E-state index >= 15 is 0 Å². The van der Waals surface area contributed by atoms with Gasteiger partial charge in [-0.15, -0.1) is 0 Å². The second-order valence-corrected chi connectivity index (χ2v) is 8.22. The molecule has 0 aliphatic heterocycles. The average molecular weight is 421 g/mol. The second-order valence-electron chi connectivity index (χ2n) is 8.22. The molecule has 162 valence electrons. The highest BCUT2D eigenvalue weighted by molar-refractivity contribution is 5.79. The molecule has 1 N–H and O–H groups in total. The minimum Gasteiger partial charge on any atom is -0.352 e. The van der Waals surface area contributed by atoms with Crippen LogP contribution in [-0.4, -0.2) is 26.1 Å². The molecule has 2 aromatic heterocycles. The van der Waals surface area contributed by atoms with Gasteiger partial charge in [0.15, 0.2) is 5.65 Å². The van der Waals surface area contributed by atoms with E-state index in [4.69, 9.17) is 0 Å². The van der Waals surface area contributed by atoms with Gasteiger partial charge in [0.1, 0.15) is 6.54 Å². The Kier molecular flexibility index (Phi) is 6.60. The zero-order valence-electron chi connectivity index (χ0n) is 17.6. The minimum atomic E-state index is -0.704. The molecule has 1 amide bonds. The Balaban J connectivity index is 1.63. The van der Waals surface area contributed by atoms with Crippen molar-refractivity contribution in [3.8, 4) is 0 Å². The van der Waals surface area contributed by atoms with Crippen LogP contribution in [0.15, 0.2) is 58.3 Å². The summed E-state index contributed by atoms with van der Waals surface area (Å²) >= 11 is 0. The van der Waals surface area contributed by atoms with Crippen molar-refractivity contribution in [2.75, 3.05) is 0 Å². The van der Waals surface area contributed by atoms with Gasteiger partial charge < -0.3 is 5.32 Å². The average Bonchev–Trinajstić information content (AvgIpc) is 2.77. The van der Waals surface area contributed by atoms with E-state index in [0.29, 0.717) is 11.2 Å². The molecule has 1 fully saturated rings. The highest BCUT2D eigenvalue weighted by Crippen LogP contribution is 2.17. The summed E-state index contributed by atoms with van der Waals surface area (Å²) in [5.41, 5.74) is 0.402. The molecule has 1 saturated carbocycles. The number of pyridine rings is 1. The van der Waals surface area contributed by atoms with Crippen LogP contribution in [0.25, 0.3) is 11.2 Å². The fourth-order valence-electron chi connectivity index (χ4n) is 4.33. The summed E-state index contributed by atoms with van der Waals surface area (Å²) in [5, 5.41) is 3.07. The summed E-state index contributed by atoms with van der Waals surface area (Å²) < 4.78 is 2.64. The second kappa shape index (κ2) is 9.73. The predicted octanol–water partition coefficient (Wildman–Crippen LogP) is 2.84. The van der Waals surface area contributed by atoms with Gasteiger partial charge in [0.05, 0.1) is 12.1 Å². The molecule has 1 aliphatic carbocycles. The first kappa shape index (κ1) is 21.0. The molecule has 0 radical (unpaired) electrons. The van der Waals surface area contributed by atoms with Crippen LogP contribution in [0.4, 0.5) is 0 Å². The van der Waals surface area contributed by atoms with E-state index in [9.17, 15) is 14.4 Å². The first-order valence-corrected chi connectivity index (χ1v) is 11.0. The van der Waals surface area contributed by atoms with Gasteiger partial charge in [-0.1, -0.05) is 62.4 Å². The molecule has 0 unspecified atom stereocenters. The van der Waals surface area contributed by atoms with Crippen LogP contribution in [0.2, 0.25) is 0 Å². The lowest BCUT2D eigenvalue weighted by Crippen LogP contribution is -2.45. The quantitative estimate of drug-likeness (QED) is 0.643. The van der Waals surface area contributed by atoms with E-state index < -0.39 is 11.1 Å². The van der Waals surface area contributed by atoms with Crippen LogP contribution in [0, 0.1) is 0 Å². The number of rotatable bonds is 5. The molecule has 0 saturated heterocycles. The number of hydrogen-bond acceptors (Lipinski definition) is 4. The number of nitrogens with one attached hydrogen (secondary N) is 1. The molecule has 2 heterocycles. The summed E-state index contributed by atoms with van der Waals surface area (Å²) in [5.74, 6) is -0.238. The normalized spacial score (nSPS) is 15.4. The van der Waals surface area contributed by atoms with Crippen LogP contribution < -0.4 is 16.4 Å². The van der Waals surface area contributed by atoms with Crippen molar-refractivity contribution in [1.82, 2.24) is 19.4 Å². The first-order chi connectivity index (χ1) is 15.1. The van der Waals surface area contributed by atoms with Crippen molar-refractivity contribution in [3.63, 3.8) is 0 Å². The number of carbonyl (C=O) groups is 1. The van der Waals surface area contributed by atoms with E-state index in [0.717, 1.165) is 31.2 Å². The number of benzene rings is 1. The van der Waals surface area contributed by atoms with Gasteiger partial charge in [-0.3, -0.25) is 23.5 Å². The van der Waals surface area contributed by atoms with E-state index in [1.54, 1.807) is 18.3 Å². The number of aromatic nitrogens is 3. The van der Waals surface area contributed by atoms with Gasteiger partial charge >= 0.3 is 11.1 Å². The minimum absolute atomic E-state index is 0.131. The van der Waals surface area contributed by atoms with Crippen molar-refractivity contribution >= 4 is 17.1 Å². The summed E-state index contributed by atoms with van der Waals surface area (Å²) in [7, 11) is 0. The van der Waals surface area contributed by atoms with Gasteiger partial charge in [0, 0.05) is 12.2 Å². The lowest BCUT2D eigenvalue weighted by Gasteiger charge is -2.21. The van der Waals surface area contributed by atoms with Crippen molar-refractivity contribution in [1.29, 1.82) is 0 Å². The maximum atomic E-state index is 12.9. The van der Waals surface area contributed by atoms with Crippen molar-refractivity contribution in [2.24, 2.45) is 0 Å². The van der Waals surface area contributed by atoms with E-state index in [1.807, 2.05) is 30.3 Å². The highest BCUT2D eigenvalue weighted by atomic mass is 16.2. The number of fused-ring (bicyclic) bond motifs is 1. The fourth-order valence-corrected chi connectivity index (χ4v) is 4.33. The number of hydrogen-bond donors (Lipinski definition) is 1. The van der Waals surface area contributed by atoms with Gasteiger partial charge in [-0.25, -0.2) is 4.98 Å². The van der Waals surface area contributed by atoms with Crippen LogP contribution in [-0.2, 0) is 17.9 Å². The Morgan fingerprint density at radius 2 is 1.58 bits per heavy atom. The number of nitrogens with zero attached hydrogens (tertiary/aromatic N) is 3. The molecule has 0 spiro atoms. The van der Waals surface area contributed by atoms with Gasteiger partial charge in [-0.05, 0) is 30.5 Å². The van der Waals surface area contributed by atoms with Crippen molar-refractivity contribution < 1.29 is 4.79 Å². The maximum Gasteiger partial charge on any atom is 0.318 e. The van der Waals surface area contributed by atoms with E-state index in [1.165, 1.54) is 28.4 Å². The molecule has 4 rings (SSSR count). The molecule has 31 heavy (non-hydrogen) atoms. The Bertz CT molecular complexity index is 1160. The van der Waals surface area contributed by atoms with E-state index in [-0.39, 0.29) is 25.0 Å². The third-order valence-corrected chi connectivity index (χ3v) is 5.94.